The molecule has 0 aliphatic heterocycles. The van der Waals surface area contributed by atoms with Gasteiger partial charge in [-0.15, -0.1) is 0 Å². The average Bonchev–Trinajstić information content (AvgIpc) is 3.23. The molecule has 9 heteroatoms. The number of halogens is 4. The van der Waals surface area contributed by atoms with Gasteiger partial charge in [0.25, 0.3) is 0 Å². The molecule has 2 heterocycles. The first-order valence-corrected chi connectivity index (χ1v) is 11.0. The van der Waals surface area contributed by atoms with Crippen LogP contribution in [0.25, 0.3) is 16.8 Å². The molecule has 34 heavy (non-hydrogen) atoms. The molecule has 4 aromatic rings. The summed E-state index contributed by atoms with van der Waals surface area (Å²) in [5.41, 5.74) is 0.0818. The lowest BCUT2D eigenvalue weighted by Gasteiger charge is -2.34. The molecule has 0 fully saturated rings. The van der Waals surface area contributed by atoms with Crippen molar-refractivity contribution in [3.8, 4) is 11.1 Å². The summed E-state index contributed by atoms with van der Waals surface area (Å²) in [7, 11) is 0. The van der Waals surface area contributed by atoms with E-state index < -0.39 is 29.0 Å². The van der Waals surface area contributed by atoms with Crippen molar-refractivity contribution in [3.05, 3.63) is 88.8 Å². The molecule has 0 saturated heterocycles. The van der Waals surface area contributed by atoms with E-state index in [1.807, 2.05) is 37.3 Å². The van der Waals surface area contributed by atoms with Crippen molar-refractivity contribution >= 4 is 23.2 Å². The Kier molecular flexibility index (Phi) is 6.12. The smallest absolute Gasteiger partial charge is 0.416 e. The predicted molar refractivity (Wildman–Crippen MR) is 123 cm³/mol. The van der Waals surface area contributed by atoms with Gasteiger partial charge in [0, 0.05) is 17.7 Å². The lowest BCUT2D eigenvalue weighted by molar-refractivity contribution is -0.144. The largest absolute Gasteiger partial charge is 0.481 e. The van der Waals surface area contributed by atoms with Crippen LogP contribution in [-0.2, 0) is 16.4 Å². The second-order valence-electron chi connectivity index (χ2n) is 8.20. The van der Waals surface area contributed by atoms with E-state index in [0.717, 1.165) is 17.7 Å². The molecule has 0 bridgehead atoms. The lowest BCUT2D eigenvalue weighted by Crippen LogP contribution is -2.41. The number of carboxylic acid groups (broad SMARTS) is 1. The van der Waals surface area contributed by atoms with Gasteiger partial charge in [-0.2, -0.15) is 18.3 Å². The van der Waals surface area contributed by atoms with Crippen molar-refractivity contribution in [1.82, 2.24) is 14.6 Å². The van der Waals surface area contributed by atoms with Crippen molar-refractivity contribution in [3.63, 3.8) is 0 Å². The fourth-order valence-electron chi connectivity index (χ4n) is 4.50. The van der Waals surface area contributed by atoms with Crippen LogP contribution in [0.15, 0.2) is 67.0 Å². The van der Waals surface area contributed by atoms with Gasteiger partial charge in [0.05, 0.1) is 22.5 Å². The van der Waals surface area contributed by atoms with Crippen LogP contribution in [0.5, 0.6) is 0 Å². The molecular weight excluding hydrogens is 467 g/mol. The van der Waals surface area contributed by atoms with E-state index in [4.69, 9.17) is 11.6 Å². The SMILES string of the molecule is CCC(c1ccccc1)[C@](C)(C(=O)O)c1c(Cl)cnc2c(-c3ccc(C(F)(F)F)cc3)cnn12. The van der Waals surface area contributed by atoms with Gasteiger partial charge >= 0.3 is 12.1 Å². The minimum absolute atomic E-state index is 0.133. The fourth-order valence-corrected chi connectivity index (χ4v) is 4.82. The molecule has 176 valence electrons. The molecule has 0 radical (unpaired) electrons. The molecule has 2 aromatic heterocycles. The molecule has 2 aromatic carbocycles. The standard InChI is InChI=1S/C25H21ClF3N3O2/c1-3-19(16-7-5-4-6-8-16)24(2,23(33)34)21-20(26)14-30-22-18(13-31-32(21)22)15-9-11-17(12-10-15)25(27,28)29/h4-14,19H,3H2,1-2H3,(H,33,34)/t19?,24-/m0/s1. The van der Waals surface area contributed by atoms with Crippen molar-refractivity contribution < 1.29 is 23.1 Å². The third-order valence-electron chi connectivity index (χ3n) is 6.25. The van der Waals surface area contributed by atoms with Crippen LogP contribution in [0.2, 0.25) is 5.02 Å². The number of hydrogen-bond donors (Lipinski definition) is 1. The highest BCUT2D eigenvalue weighted by Crippen LogP contribution is 2.44. The van der Waals surface area contributed by atoms with E-state index in [-0.39, 0.29) is 10.7 Å². The molecule has 4 rings (SSSR count). The van der Waals surface area contributed by atoms with Crippen LogP contribution in [0.4, 0.5) is 13.2 Å². The molecule has 0 saturated carbocycles. The van der Waals surface area contributed by atoms with Gasteiger partial charge in [0.2, 0.25) is 0 Å². The van der Waals surface area contributed by atoms with E-state index in [2.05, 4.69) is 10.1 Å². The van der Waals surface area contributed by atoms with Crippen molar-refractivity contribution in [2.24, 2.45) is 0 Å². The van der Waals surface area contributed by atoms with Gasteiger partial charge < -0.3 is 5.11 Å². The fraction of sp³-hybridized carbons (Fsp3) is 0.240. The maximum Gasteiger partial charge on any atom is 0.416 e. The lowest BCUT2D eigenvalue weighted by atomic mass is 9.69. The Morgan fingerprint density at radius 1 is 1.09 bits per heavy atom. The number of aliphatic carboxylic acids is 1. The molecule has 0 amide bonds. The quantitative estimate of drug-likeness (QED) is 0.332. The van der Waals surface area contributed by atoms with Gasteiger partial charge in [-0.3, -0.25) is 4.79 Å². The summed E-state index contributed by atoms with van der Waals surface area (Å²) in [5.74, 6) is -1.52. The molecule has 5 nitrogen and oxygen atoms in total. The summed E-state index contributed by atoms with van der Waals surface area (Å²) in [6, 6.07) is 13.9. The maximum absolute atomic E-state index is 13.0. The van der Waals surface area contributed by atoms with Crippen LogP contribution < -0.4 is 0 Å². The van der Waals surface area contributed by atoms with Gasteiger partial charge in [0.1, 0.15) is 5.41 Å². The first-order valence-electron chi connectivity index (χ1n) is 10.6. The van der Waals surface area contributed by atoms with Crippen LogP contribution >= 0.6 is 11.6 Å². The number of aromatic nitrogens is 3. The summed E-state index contributed by atoms with van der Waals surface area (Å²) in [4.78, 5) is 17.1. The Morgan fingerprint density at radius 2 is 1.74 bits per heavy atom. The molecule has 1 unspecified atom stereocenters. The van der Waals surface area contributed by atoms with E-state index in [1.165, 1.54) is 29.0 Å². The third-order valence-corrected chi connectivity index (χ3v) is 6.53. The molecule has 0 aliphatic carbocycles. The molecule has 0 aliphatic rings. The van der Waals surface area contributed by atoms with E-state index in [0.29, 0.717) is 23.2 Å². The summed E-state index contributed by atoms with van der Waals surface area (Å²) in [5, 5.41) is 14.9. The number of benzene rings is 2. The Bertz CT molecular complexity index is 1340. The summed E-state index contributed by atoms with van der Waals surface area (Å²) in [6.07, 6.45) is -1.12. The van der Waals surface area contributed by atoms with Crippen molar-refractivity contribution in [2.45, 2.75) is 37.8 Å². The first-order chi connectivity index (χ1) is 16.1. The number of hydrogen-bond acceptors (Lipinski definition) is 3. The Labute approximate surface area is 198 Å². The second kappa shape index (κ2) is 8.76. The number of carboxylic acids is 1. The summed E-state index contributed by atoms with van der Waals surface area (Å²) in [6.45, 7) is 3.51. The minimum Gasteiger partial charge on any atom is -0.481 e. The Hall–Kier alpha value is -3.39. The maximum atomic E-state index is 13.0. The van der Waals surface area contributed by atoms with Crippen LogP contribution in [0.1, 0.15) is 43.0 Å². The second-order valence-corrected chi connectivity index (χ2v) is 8.61. The van der Waals surface area contributed by atoms with Gasteiger partial charge in [-0.1, -0.05) is 61.0 Å². The van der Waals surface area contributed by atoms with E-state index >= 15 is 0 Å². The molecule has 1 N–H and O–H groups in total. The monoisotopic (exact) mass is 487 g/mol. The zero-order chi connectivity index (χ0) is 24.7. The highest BCUT2D eigenvalue weighted by atomic mass is 35.5. The van der Waals surface area contributed by atoms with Crippen molar-refractivity contribution in [2.75, 3.05) is 0 Å². The summed E-state index contributed by atoms with van der Waals surface area (Å²) < 4.78 is 40.3. The summed E-state index contributed by atoms with van der Waals surface area (Å²) >= 11 is 6.53. The topological polar surface area (TPSA) is 67.5 Å². The highest BCUT2D eigenvalue weighted by molar-refractivity contribution is 6.31. The first kappa shape index (κ1) is 23.8. The molecular formula is C25H21ClF3N3O2. The van der Waals surface area contributed by atoms with Crippen LogP contribution in [-0.4, -0.2) is 25.7 Å². The van der Waals surface area contributed by atoms with Crippen LogP contribution in [0.3, 0.4) is 0 Å². The highest BCUT2D eigenvalue weighted by Gasteiger charge is 2.47. The van der Waals surface area contributed by atoms with Gasteiger partial charge in [-0.25, -0.2) is 9.50 Å². The van der Waals surface area contributed by atoms with E-state index in [1.54, 1.807) is 6.92 Å². The number of alkyl halides is 3. The predicted octanol–water partition coefficient (Wildman–Crippen LogP) is 6.60. The van der Waals surface area contributed by atoms with Crippen LogP contribution in [0, 0.1) is 0 Å². The minimum atomic E-state index is -4.45. The number of rotatable bonds is 6. The third kappa shape index (κ3) is 3.92. The normalized spacial score (nSPS) is 14.6. The zero-order valence-electron chi connectivity index (χ0n) is 18.3. The molecule has 2 atom stereocenters. The van der Waals surface area contributed by atoms with Gasteiger partial charge in [0.15, 0.2) is 5.65 Å². The number of nitrogens with zero attached hydrogens (tertiary/aromatic N) is 3. The zero-order valence-corrected chi connectivity index (χ0v) is 19.1. The van der Waals surface area contributed by atoms with Gasteiger partial charge in [-0.05, 0) is 36.6 Å². The number of fused-ring (bicyclic) bond motifs is 1. The van der Waals surface area contributed by atoms with Crippen molar-refractivity contribution in [1.29, 1.82) is 0 Å². The Balaban J connectivity index is 1.91. The average molecular weight is 488 g/mol. The Morgan fingerprint density at radius 3 is 2.29 bits per heavy atom. The molecule has 0 spiro atoms. The van der Waals surface area contributed by atoms with E-state index in [9.17, 15) is 23.1 Å². The number of carbonyl (C=O) groups is 1.